The topological polar surface area (TPSA) is 53.0 Å². The summed E-state index contributed by atoms with van der Waals surface area (Å²) in [5.41, 5.74) is 4.29. The van der Waals surface area contributed by atoms with Crippen LogP contribution in [0.5, 0.6) is 5.75 Å². The minimum Gasteiger partial charge on any atom is -0.493 e. The summed E-state index contributed by atoms with van der Waals surface area (Å²) in [6.45, 7) is 5.64. The maximum atomic E-state index is 11.6. The van der Waals surface area contributed by atoms with Crippen molar-refractivity contribution < 1.29 is 14.6 Å². The molecule has 38 heavy (non-hydrogen) atoms. The fourth-order valence-electron chi connectivity index (χ4n) is 6.99. The van der Waals surface area contributed by atoms with Crippen LogP contribution in [0, 0.1) is 23.2 Å². The number of benzene rings is 3. The van der Waals surface area contributed by atoms with E-state index in [2.05, 4.69) is 62.2 Å². The van der Waals surface area contributed by atoms with Crippen LogP contribution in [0.4, 0.5) is 22.7 Å². The summed E-state index contributed by atoms with van der Waals surface area (Å²) in [6.07, 6.45) is 6.79. The zero-order chi connectivity index (χ0) is 26.9. The summed E-state index contributed by atoms with van der Waals surface area (Å²) in [5, 5.41) is 9.54. The first-order valence-electron chi connectivity index (χ1n) is 13.8. The van der Waals surface area contributed by atoms with Crippen molar-refractivity contribution in [3.63, 3.8) is 0 Å². The standard InChI is InChI=1S/C33H40N2O3/c1-23-17-24-19-25(18-23)21-33(2,20-24)22-38-29-15-13-27(14-16-29)34(3)26-9-11-28(12-10-26)35(4)31-8-6-5-7-30(31)32(36)37/h5-16,23-25H,17-22H2,1-4H3,(H,36,37). The Labute approximate surface area is 227 Å². The van der Waals surface area contributed by atoms with E-state index < -0.39 is 5.97 Å². The molecule has 0 aliphatic heterocycles. The minimum atomic E-state index is -0.929. The van der Waals surface area contributed by atoms with E-state index in [1.54, 1.807) is 12.1 Å². The summed E-state index contributed by atoms with van der Waals surface area (Å²) < 4.78 is 6.33. The van der Waals surface area contributed by atoms with Gasteiger partial charge >= 0.3 is 5.97 Å². The summed E-state index contributed by atoms with van der Waals surface area (Å²) >= 11 is 0. The normalized spacial score (nSPS) is 24.5. The van der Waals surface area contributed by atoms with Gasteiger partial charge in [-0.2, -0.15) is 0 Å². The molecule has 2 saturated carbocycles. The van der Waals surface area contributed by atoms with Gasteiger partial charge in [-0.25, -0.2) is 4.79 Å². The average Bonchev–Trinajstić information content (AvgIpc) is 2.91. The third-order valence-corrected chi connectivity index (χ3v) is 8.63. The molecule has 0 heterocycles. The van der Waals surface area contributed by atoms with E-state index in [0.717, 1.165) is 47.2 Å². The van der Waals surface area contributed by atoms with Gasteiger partial charge in [-0.3, -0.25) is 0 Å². The molecule has 0 amide bonds. The molecule has 3 aromatic rings. The van der Waals surface area contributed by atoms with E-state index in [1.165, 1.54) is 32.1 Å². The van der Waals surface area contributed by atoms with Crippen LogP contribution < -0.4 is 14.5 Å². The van der Waals surface area contributed by atoms with Gasteiger partial charge < -0.3 is 19.6 Å². The maximum absolute atomic E-state index is 11.6. The Morgan fingerprint density at radius 1 is 0.842 bits per heavy atom. The molecule has 5 heteroatoms. The molecule has 2 bridgehead atoms. The van der Waals surface area contributed by atoms with Crippen LogP contribution in [0.15, 0.2) is 72.8 Å². The number of carboxylic acids is 1. The van der Waals surface area contributed by atoms with Gasteiger partial charge in [-0.1, -0.05) is 26.0 Å². The number of anilines is 4. The van der Waals surface area contributed by atoms with Crippen molar-refractivity contribution >= 4 is 28.7 Å². The highest BCUT2D eigenvalue weighted by molar-refractivity contribution is 5.95. The lowest BCUT2D eigenvalue weighted by molar-refractivity contribution is 0.0146. The van der Waals surface area contributed by atoms with Crippen LogP contribution in [0.3, 0.4) is 0 Å². The summed E-state index contributed by atoms with van der Waals surface area (Å²) in [4.78, 5) is 15.7. The smallest absolute Gasteiger partial charge is 0.337 e. The number of para-hydroxylation sites is 1. The third-order valence-electron chi connectivity index (χ3n) is 8.63. The summed E-state index contributed by atoms with van der Waals surface area (Å²) in [6, 6.07) is 23.6. The van der Waals surface area contributed by atoms with E-state index in [4.69, 9.17) is 4.74 Å². The first-order chi connectivity index (χ1) is 18.2. The summed E-state index contributed by atoms with van der Waals surface area (Å²) in [7, 11) is 3.94. The second-order valence-electron chi connectivity index (χ2n) is 12.0. The lowest BCUT2D eigenvalue weighted by Crippen LogP contribution is -2.39. The molecule has 3 aromatic carbocycles. The highest BCUT2D eigenvalue weighted by Gasteiger charge is 2.41. The molecular formula is C33H40N2O3. The molecule has 0 aromatic heterocycles. The second kappa shape index (κ2) is 10.7. The number of aromatic carboxylic acids is 1. The highest BCUT2D eigenvalue weighted by Crippen LogP contribution is 2.50. The fraction of sp³-hybridized carbons (Fsp3) is 0.424. The van der Waals surface area contributed by atoms with Crippen LogP contribution in [-0.2, 0) is 0 Å². The second-order valence-corrected chi connectivity index (χ2v) is 12.0. The van der Waals surface area contributed by atoms with Crippen molar-refractivity contribution in [2.24, 2.45) is 23.2 Å². The van der Waals surface area contributed by atoms with Crippen molar-refractivity contribution in [3.05, 3.63) is 78.4 Å². The quantitative estimate of drug-likeness (QED) is 0.330. The van der Waals surface area contributed by atoms with Gasteiger partial charge in [-0.05, 0) is 111 Å². The number of carboxylic acid groups (broad SMARTS) is 1. The van der Waals surface area contributed by atoms with Crippen molar-refractivity contribution in [1.82, 2.24) is 0 Å². The maximum Gasteiger partial charge on any atom is 0.337 e. The van der Waals surface area contributed by atoms with Crippen LogP contribution in [0.2, 0.25) is 0 Å². The lowest BCUT2D eigenvalue weighted by Gasteiger charge is -2.47. The number of fused-ring (bicyclic) bond motifs is 2. The predicted molar refractivity (Wildman–Crippen MR) is 155 cm³/mol. The Morgan fingerprint density at radius 2 is 1.37 bits per heavy atom. The van der Waals surface area contributed by atoms with Gasteiger partial charge in [0.25, 0.3) is 0 Å². The number of carbonyl (C=O) groups is 1. The van der Waals surface area contributed by atoms with Crippen molar-refractivity contribution in [3.8, 4) is 5.75 Å². The van der Waals surface area contributed by atoms with Gasteiger partial charge in [0.1, 0.15) is 5.75 Å². The van der Waals surface area contributed by atoms with Gasteiger partial charge in [-0.15, -0.1) is 0 Å². The van der Waals surface area contributed by atoms with Gasteiger partial charge in [0, 0.05) is 36.6 Å². The molecule has 2 aliphatic rings. The number of nitrogens with zero attached hydrogens (tertiary/aromatic N) is 2. The first kappa shape index (κ1) is 26.1. The Morgan fingerprint density at radius 3 is 1.95 bits per heavy atom. The molecule has 1 N–H and O–H groups in total. The fourth-order valence-corrected chi connectivity index (χ4v) is 6.99. The molecule has 200 valence electrons. The first-order valence-corrected chi connectivity index (χ1v) is 13.8. The van der Waals surface area contributed by atoms with Gasteiger partial charge in [0.05, 0.1) is 17.9 Å². The summed E-state index contributed by atoms with van der Waals surface area (Å²) in [5.74, 6) is 2.64. The van der Waals surface area contributed by atoms with E-state index >= 15 is 0 Å². The lowest BCUT2D eigenvalue weighted by atomic mass is 9.60. The van der Waals surface area contributed by atoms with E-state index in [0.29, 0.717) is 5.69 Å². The molecule has 2 aliphatic carbocycles. The van der Waals surface area contributed by atoms with Crippen LogP contribution >= 0.6 is 0 Å². The molecule has 5 nitrogen and oxygen atoms in total. The zero-order valence-electron chi connectivity index (χ0n) is 23.1. The largest absolute Gasteiger partial charge is 0.493 e. The minimum absolute atomic E-state index is 0.281. The van der Waals surface area contributed by atoms with Gasteiger partial charge in [0.15, 0.2) is 0 Å². The molecule has 0 spiro atoms. The third kappa shape index (κ3) is 5.67. The van der Waals surface area contributed by atoms with Crippen molar-refractivity contribution in [2.45, 2.75) is 46.0 Å². The van der Waals surface area contributed by atoms with E-state index in [-0.39, 0.29) is 11.0 Å². The highest BCUT2D eigenvalue weighted by atomic mass is 16.5. The number of ether oxygens (including phenoxy) is 1. The molecule has 2 unspecified atom stereocenters. The Balaban J connectivity index is 1.21. The zero-order valence-corrected chi connectivity index (χ0v) is 23.1. The number of rotatable bonds is 8. The average molecular weight is 513 g/mol. The van der Waals surface area contributed by atoms with Crippen molar-refractivity contribution in [1.29, 1.82) is 0 Å². The predicted octanol–water partition coefficient (Wildman–Crippen LogP) is 8.15. The Kier molecular flexibility index (Phi) is 7.38. The van der Waals surface area contributed by atoms with Crippen LogP contribution in [-0.4, -0.2) is 31.8 Å². The van der Waals surface area contributed by atoms with Crippen LogP contribution in [0.1, 0.15) is 56.3 Å². The van der Waals surface area contributed by atoms with Crippen molar-refractivity contribution in [2.75, 3.05) is 30.5 Å². The van der Waals surface area contributed by atoms with Gasteiger partial charge in [0.2, 0.25) is 0 Å². The Bertz CT molecular complexity index is 1240. The molecule has 2 atom stereocenters. The number of hydrogen-bond acceptors (Lipinski definition) is 4. The van der Waals surface area contributed by atoms with Crippen LogP contribution in [0.25, 0.3) is 0 Å². The molecule has 0 radical (unpaired) electrons. The molecule has 2 fully saturated rings. The van der Waals surface area contributed by atoms with E-state index in [1.807, 2.05) is 36.2 Å². The molecule has 5 rings (SSSR count). The number of hydrogen-bond donors (Lipinski definition) is 1. The Hall–Kier alpha value is -3.47. The monoisotopic (exact) mass is 512 g/mol. The van der Waals surface area contributed by atoms with E-state index in [9.17, 15) is 9.90 Å². The molecular weight excluding hydrogens is 472 g/mol. The SMILES string of the molecule is CC1CC2CC(C1)CC(C)(COc1ccc(N(C)c3ccc(N(C)c4ccccc4C(=O)O)cc3)cc1)C2. The molecule has 0 saturated heterocycles.